The molecule has 142 valence electrons. The average molecular weight is 430 g/mol. The summed E-state index contributed by atoms with van der Waals surface area (Å²) in [5.74, 6) is 0.562. The Kier molecular flexibility index (Phi) is 5.57. The molecule has 0 saturated heterocycles. The Bertz CT molecular complexity index is 1110. The Hall–Kier alpha value is -2.48. The molecule has 0 atom stereocenters. The normalized spacial score (nSPS) is 10.9. The molecule has 0 unspecified atom stereocenters. The van der Waals surface area contributed by atoms with Gasteiger partial charge in [-0.1, -0.05) is 35.1 Å². The first-order chi connectivity index (χ1) is 13.7. The maximum absolute atomic E-state index is 13.2. The van der Waals surface area contributed by atoms with E-state index in [9.17, 15) is 4.79 Å². The second-order valence-corrected chi connectivity index (χ2v) is 8.57. The molecule has 0 N–H and O–H groups in total. The number of aromatic nitrogens is 2. The molecule has 28 heavy (non-hydrogen) atoms. The van der Waals surface area contributed by atoms with Crippen LogP contribution in [0.4, 0.5) is 5.13 Å². The van der Waals surface area contributed by atoms with Crippen LogP contribution in [0, 0.1) is 0 Å². The molecule has 0 aliphatic carbocycles. The molecule has 0 aliphatic heterocycles. The highest BCUT2D eigenvalue weighted by molar-refractivity contribution is 7.22. The summed E-state index contributed by atoms with van der Waals surface area (Å²) in [6.07, 6.45) is 1.71. The molecule has 5 nitrogen and oxygen atoms in total. The van der Waals surface area contributed by atoms with Gasteiger partial charge in [-0.25, -0.2) is 4.98 Å². The Balaban J connectivity index is 1.77. The summed E-state index contributed by atoms with van der Waals surface area (Å²) in [7, 11) is 0. The van der Waals surface area contributed by atoms with Crippen LogP contribution < -0.4 is 9.64 Å². The lowest BCUT2D eigenvalue weighted by Gasteiger charge is -2.18. The van der Waals surface area contributed by atoms with E-state index in [1.54, 1.807) is 23.2 Å². The van der Waals surface area contributed by atoms with Crippen molar-refractivity contribution in [2.75, 3.05) is 11.5 Å². The van der Waals surface area contributed by atoms with Gasteiger partial charge in [0.25, 0.3) is 5.91 Å². The lowest BCUT2D eigenvalue weighted by Crippen LogP contribution is -2.30. The van der Waals surface area contributed by atoms with E-state index >= 15 is 0 Å². The van der Waals surface area contributed by atoms with Gasteiger partial charge in [0.05, 0.1) is 32.8 Å². The largest absolute Gasteiger partial charge is 0.492 e. The number of ether oxygens (including phenoxy) is 1. The van der Waals surface area contributed by atoms with Crippen molar-refractivity contribution in [2.45, 2.75) is 13.5 Å². The number of hydrogen-bond donors (Lipinski definition) is 0. The minimum Gasteiger partial charge on any atom is -0.492 e. The number of rotatable bonds is 6. The van der Waals surface area contributed by atoms with Crippen LogP contribution >= 0.6 is 34.3 Å². The molecule has 0 saturated carbocycles. The molecule has 8 heteroatoms. The highest BCUT2D eigenvalue weighted by Crippen LogP contribution is 2.36. The quantitative estimate of drug-likeness (QED) is 0.397. The van der Waals surface area contributed by atoms with E-state index in [1.165, 1.54) is 22.7 Å². The first-order valence-electron chi connectivity index (χ1n) is 8.65. The number of nitrogens with zero attached hydrogens (tertiary/aromatic N) is 3. The van der Waals surface area contributed by atoms with Crippen molar-refractivity contribution in [1.82, 2.24) is 9.97 Å². The summed E-state index contributed by atoms with van der Waals surface area (Å²) in [6, 6.07) is 14.9. The number of benzene rings is 1. The van der Waals surface area contributed by atoms with Gasteiger partial charge in [0.1, 0.15) is 11.3 Å². The van der Waals surface area contributed by atoms with Crippen molar-refractivity contribution in [3.8, 4) is 5.75 Å². The number of carbonyl (C=O) groups is 1. The number of pyridine rings is 1. The Morgan fingerprint density at radius 2 is 2.04 bits per heavy atom. The van der Waals surface area contributed by atoms with Crippen LogP contribution in [0.2, 0.25) is 4.34 Å². The molecule has 4 aromatic rings. The molecule has 0 spiro atoms. The van der Waals surface area contributed by atoms with Crippen LogP contribution in [0.1, 0.15) is 22.3 Å². The third-order valence-corrected chi connectivity index (χ3v) is 6.24. The summed E-state index contributed by atoms with van der Waals surface area (Å²) in [4.78, 5) is 24.5. The van der Waals surface area contributed by atoms with Gasteiger partial charge in [-0.15, -0.1) is 11.3 Å². The number of para-hydroxylation sites is 1. The number of hydrogen-bond acceptors (Lipinski definition) is 6. The third-order valence-electron chi connectivity index (χ3n) is 3.98. The fourth-order valence-electron chi connectivity index (χ4n) is 2.74. The van der Waals surface area contributed by atoms with Gasteiger partial charge < -0.3 is 4.74 Å². The van der Waals surface area contributed by atoms with E-state index in [-0.39, 0.29) is 5.91 Å². The monoisotopic (exact) mass is 429 g/mol. The predicted octanol–water partition coefficient (Wildman–Crippen LogP) is 5.65. The smallest absolute Gasteiger partial charge is 0.270 e. The van der Waals surface area contributed by atoms with Crippen molar-refractivity contribution in [1.29, 1.82) is 0 Å². The van der Waals surface area contributed by atoms with Crippen LogP contribution in [-0.4, -0.2) is 22.5 Å². The van der Waals surface area contributed by atoms with Crippen LogP contribution in [0.25, 0.3) is 10.2 Å². The second-order valence-electron chi connectivity index (χ2n) is 5.85. The van der Waals surface area contributed by atoms with Crippen LogP contribution in [-0.2, 0) is 6.54 Å². The molecule has 0 fully saturated rings. The Morgan fingerprint density at radius 1 is 1.14 bits per heavy atom. The highest BCUT2D eigenvalue weighted by atomic mass is 35.5. The lowest BCUT2D eigenvalue weighted by molar-refractivity contribution is 0.0988. The molecule has 1 aromatic carbocycles. The number of thiophene rings is 1. The zero-order valence-corrected chi connectivity index (χ0v) is 17.4. The molecular weight excluding hydrogens is 414 g/mol. The second kappa shape index (κ2) is 8.26. The van der Waals surface area contributed by atoms with Gasteiger partial charge >= 0.3 is 0 Å². The SMILES string of the molecule is CCOc1cccc2sc(N(Cc3ccccn3)C(=O)c3ccc(Cl)s3)nc12. The summed E-state index contributed by atoms with van der Waals surface area (Å²) in [5, 5.41) is 0.599. The van der Waals surface area contributed by atoms with Crippen LogP contribution in [0.15, 0.2) is 54.7 Å². The average Bonchev–Trinajstić information content (AvgIpc) is 3.33. The first kappa shape index (κ1) is 18.9. The lowest BCUT2D eigenvalue weighted by atomic mass is 10.3. The number of carbonyl (C=O) groups excluding carboxylic acids is 1. The Morgan fingerprint density at radius 3 is 2.75 bits per heavy atom. The van der Waals surface area contributed by atoms with Crippen molar-refractivity contribution >= 4 is 55.5 Å². The minimum atomic E-state index is -0.153. The highest BCUT2D eigenvalue weighted by Gasteiger charge is 2.24. The number of amides is 1. The van der Waals surface area contributed by atoms with Gasteiger partial charge in [0, 0.05) is 6.20 Å². The van der Waals surface area contributed by atoms with Crippen LogP contribution in [0.3, 0.4) is 0 Å². The molecule has 0 radical (unpaired) electrons. The third kappa shape index (κ3) is 3.87. The first-order valence-corrected chi connectivity index (χ1v) is 10.7. The summed E-state index contributed by atoms with van der Waals surface area (Å²) < 4.78 is 7.23. The number of halogens is 1. The fourth-order valence-corrected chi connectivity index (χ4v) is 4.71. The maximum atomic E-state index is 13.2. The zero-order valence-electron chi connectivity index (χ0n) is 15.0. The standard InChI is InChI=1S/C20H16ClN3O2S2/c1-2-26-14-7-5-8-15-18(14)23-20(28-15)24(12-13-6-3-4-11-22-13)19(25)16-9-10-17(21)27-16/h3-11H,2,12H2,1H3. The van der Waals surface area contributed by atoms with Crippen molar-refractivity contribution in [3.05, 3.63) is 69.6 Å². The van der Waals surface area contributed by atoms with Crippen molar-refractivity contribution < 1.29 is 9.53 Å². The van der Waals surface area contributed by atoms with E-state index < -0.39 is 0 Å². The van der Waals surface area contributed by atoms with E-state index in [4.69, 9.17) is 21.3 Å². The van der Waals surface area contributed by atoms with Gasteiger partial charge in [-0.3, -0.25) is 14.7 Å². The van der Waals surface area contributed by atoms with E-state index in [0.717, 1.165) is 15.9 Å². The van der Waals surface area contributed by atoms with Gasteiger partial charge in [0.15, 0.2) is 5.13 Å². The van der Waals surface area contributed by atoms with E-state index in [0.29, 0.717) is 33.2 Å². The van der Waals surface area contributed by atoms with Crippen molar-refractivity contribution in [2.24, 2.45) is 0 Å². The maximum Gasteiger partial charge on any atom is 0.270 e. The molecule has 0 aliphatic rings. The number of thiazole rings is 1. The van der Waals surface area contributed by atoms with Crippen molar-refractivity contribution in [3.63, 3.8) is 0 Å². The molecule has 0 bridgehead atoms. The summed E-state index contributed by atoms with van der Waals surface area (Å²) in [5.41, 5.74) is 1.54. The van der Waals surface area contributed by atoms with Crippen LogP contribution in [0.5, 0.6) is 5.75 Å². The fraction of sp³-hybridized carbons (Fsp3) is 0.150. The summed E-state index contributed by atoms with van der Waals surface area (Å²) in [6.45, 7) is 2.80. The van der Waals surface area contributed by atoms with Gasteiger partial charge in [0.2, 0.25) is 0 Å². The molecule has 3 heterocycles. The molecule has 3 aromatic heterocycles. The topological polar surface area (TPSA) is 55.3 Å². The summed E-state index contributed by atoms with van der Waals surface area (Å²) >= 11 is 8.75. The minimum absolute atomic E-state index is 0.153. The molecular formula is C20H16ClN3O2S2. The number of anilines is 1. The molecule has 1 amide bonds. The molecule has 4 rings (SSSR count). The van der Waals surface area contributed by atoms with E-state index in [2.05, 4.69) is 4.98 Å². The van der Waals surface area contributed by atoms with Gasteiger partial charge in [-0.05, 0) is 43.3 Å². The van der Waals surface area contributed by atoms with Gasteiger partial charge in [-0.2, -0.15) is 0 Å². The zero-order chi connectivity index (χ0) is 19.5. The Labute approximate surface area is 175 Å². The van der Waals surface area contributed by atoms with E-state index in [1.807, 2.05) is 43.3 Å². The predicted molar refractivity (Wildman–Crippen MR) is 115 cm³/mol. The number of fused-ring (bicyclic) bond motifs is 1.